The highest BCUT2D eigenvalue weighted by Crippen LogP contribution is 2.49. The van der Waals surface area contributed by atoms with Gasteiger partial charge < -0.3 is 4.90 Å². The third kappa shape index (κ3) is 1.54. The molecule has 0 spiro atoms. The molecule has 1 aliphatic heterocycles. The molecular weight excluding hydrogens is 318 g/mol. The van der Waals surface area contributed by atoms with E-state index in [1.54, 1.807) is 27.9 Å². The van der Waals surface area contributed by atoms with Crippen molar-refractivity contribution in [3.63, 3.8) is 0 Å². The van der Waals surface area contributed by atoms with E-state index in [4.69, 9.17) is 0 Å². The lowest BCUT2D eigenvalue weighted by molar-refractivity contribution is -0.0207. The number of nitrogens with zero attached hydrogens (tertiary/aromatic N) is 4. The van der Waals surface area contributed by atoms with E-state index in [0.29, 0.717) is 24.4 Å². The van der Waals surface area contributed by atoms with Gasteiger partial charge >= 0.3 is 0 Å². The van der Waals surface area contributed by atoms with E-state index >= 15 is 0 Å². The molecule has 0 amide bonds. The van der Waals surface area contributed by atoms with Gasteiger partial charge in [-0.05, 0) is 34.3 Å². The molecule has 2 bridgehead atoms. The summed E-state index contributed by atoms with van der Waals surface area (Å²) in [5, 5.41) is 4.21. The van der Waals surface area contributed by atoms with E-state index in [1.807, 2.05) is 0 Å². The third-order valence-corrected chi connectivity index (χ3v) is 4.63. The number of piperidine rings is 1. The summed E-state index contributed by atoms with van der Waals surface area (Å²) in [7, 11) is 0. The molecule has 2 fully saturated rings. The standard InChI is InChI=1S/C12H11BrF2N4/c13-8-5-17-19-10(1-2-16-11(8)19)18-6-7-3-9(18)12(14,15)4-7/h1-2,5,7,9H,3-4,6H2. The number of anilines is 1. The van der Waals surface area contributed by atoms with Gasteiger partial charge in [-0.3, -0.25) is 0 Å². The van der Waals surface area contributed by atoms with Crippen molar-refractivity contribution in [3.8, 4) is 0 Å². The van der Waals surface area contributed by atoms with Crippen LogP contribution in [-0.2, 0) is 0 Å². The van der Waals surface area contributed by atoms with Crippen molar-refractivity contribution < 1.29 is 8.78 Å². The van der Waals surface area contributed by atoms with Gasteiger partial charge in [0.1, 0.15) is 5.82 Å². The summed E-state index contributed by atoms with van der Waals surface area (Å²) in [5.74, 6) is -1.81. The van der Waals surface area contributed by atoms with E-state index in [1.165, 1.54) is 0 Å². The van der Waals surface area contributed by atoms with Crippen LogP contribution in [0.2, 0.25) is 0 Å². The number of alkyl halides is 2. The molecule has 0 aromatic carbocycles. The van der Waals surface area contributed by atoms with Crippen LogP contribution >= 0.6 is 15.9 Å². The first-order valence-corrected chi connectivity index (χ1v) is 6.98. The zero-order valence-corrected chi connectivity index (χ0v) is 11.5. The molecule has 2 unspecified atom stereocenters. The van der Waals surface area contributed by atoms with Crippen LogP contribution in [0.3, 0.4) is 0 Å². The summed E-state index contributed by atoms with van der Waals surface area (Å²) in [6, 6.07) is 1.05. The molecule has 2 aliphatic rings. The second kappa shape index (κ2) is 3.65. The average molecular weight is 329 g/mol. The normalized spacial score (nSPS) is 28.5. The van der Waals surface area contributed by atoms with Gasteiger partial charge in [-0.1, -0.05) is 0 Å². The highest BCUT2D eigenvalue weighted by atomic mass is 79.9. The van der Waals surface area contributed by atoms with Crippen LogP contribution in [0.4, 0.5) is 14.6 Å². The minimum absolute atomic E-state index is 0.0190. The minimum atomic E-state index is -2.59. The smallest absolute Gasteiger partial charge is 0.268 e. The second-order valence-corrected chi connectivity index (χ2v) is 6.12. The molecular formula is C12H11BrF2N4. The van der Waals surface area contributed by atoms with Crippen LogP contribution < -0.4 is 4.90 Å². The Labute approximate surface area is 116 Å². The summed E-state index contributed by atoms with van der Waals surface area (Å²) in [4.78, 5) is 5.99. The lowest BCUT2D eigenvalue weighted by Crippen LogP contribution is -2.46. The Kier molecular flexibility index (Phi) is 2.23. The quantitative estimate of drug-likeness (QED) is 0.807. The first-order valence-electron chi connectivity index (χ1n) is 6.19. The average Bonchev–Trinajstić information content (AvgIpc) is 3.01. The van der Waals surface area contributed by atoms with Gasteiger partial charge in [-0.2, -0.15) is 9.61 Å². The first kappa shape index (κ1) is 11.6. The summed E-state index contributed by atoms with van der Waals surface area (Å²) in [6.07, 6.45) is 3.87. The maximum atomic E-state index is 13.9. The summed E-state index contributed by atoms with van der Waals surface area (Å²) in [6.45, 7) is 0.677. The minimum Gasteiger partial charge on any atom is -0.347 e. The van der Waals surface area contributed by atoms with Gasteiger partial charge in [-0.25, -0.2) is 13.8 Å². The molecule has 1 saturated heterocycles. The van der Waals surface area contributed by atoms with E-state index in [2.05, 4.69) is 26.0 Å². The van der Waals surface area contributed by atoms with E-state index < -0.39 is 12.0 Å². The molecule has 2 aromatic rings. The lowest BCUT2D eigenvalue weighted by atomic mass is 10.1. The SMILES string of the molecule is FC1(F)CC2CC1N(c1ccnc3c(Br)cnn13)C2. The second-order valence-electron chi connectivity index (χ2n) is 5.27. The maximum Gasteiger partial charge on any atom is 0.268 e. The Bertz CT molecular complexity index is 656. The molecule has 1 saturated carbocycles. The number of halogens is 3. The number of hydrogen-bond acceptors (Lipinski definition) is 3. The van der Waals surface area contributed by atoms with Gasteiger partial charge in [0.15, 0.2) is 5.65 Å². The maximum absolute atomic E-state index is 13.9. The molecule has 2 atom stereocenters. The van der Waals surface area contributed by atoms with Crippen molar-refractivity contribution in [1.29, 1.82) is 0 Å². The molecule has 19 heavy (non-hydrogen) atoms. The van der Waals surface area contributed by atoms with Crippen molar-refractivity contribution >= 4 is 27.4 Å². The fourth-order valence-corrected chi connectivity index (χ4v) is 3.68. The molecule has 4 rings (SSSR count). The van der Waals surface area contributed by atoms with Crippen LogP contribution in [0, 0.1) is 5.92 Å². The molecule has 4 nitrogen and oxygen atoms in total. The van der Waals surface area contributed by atoms with Crippen molar-refractivity contribution in [2.45, 2.75) is 24.8 Å². The predicted molar refractivity (Wildman–Crippen MR) is 69.5 cm³/mol. The highest BCUT2D eigenvalue weighted by molar-refractivity contribution is 9.10. The summed E-state index contributed by atoms with van der Waals surface area (Å²) >= 11 is 3.36. The molecule has 7 heteroatoms. The van der Waals surface area contributed by atoms with Crippen LogP contribution in [0.5, 0.6) is 0 Å². The van der Waals surface area contributed by atoms with Gasteiger partial charge in [-0.15, -0.1) is 0 Å². The van der Waals surface area contributed by atoms with E-state index in [9.17, 15) is 8.78 Å². The molecule has 0 radical (unpaired) electrons. The fraction of sp³-hybridized carbons (Fsp3) is 0.500. The number of rotatable bonds is 1. The van der Waals surface area contributed by atoms with Crippen LogP contribution in [0.25, 0.3) is 5.65 Å². The molecule has 2 aromatic heterocycles. The van der Waals surface area contributed by atoms with Crippen LogP contribution in [0.1, 0.15) is 12.8 Å². The van der Waals surface area contributed by atoms with E-state index in [-0.39, 0.29) is 12.3 Å². The van der Waals surface area contributed by atoms with Crippen LogP contribution in [0.15, 0.2) is 22.9 Å². The van der Waals surface area contributed by atoms with Gasteiger partial charge in [0.05, 0.1) is 16.7 Å². The van der Waals surface area contributed by atoms with Gasteiger partial charge in [0, 0.05) is 19.2 Å². The topological polar surface area (TPSA) is 33.4 Å². The molecule has 0 N–H and O–H groups in total. The molecule has 100 valence electrons. The monoisotopic (exact) mass is 328 g/mol. The Morgan fingerprint density at radius 3 is 3.00 bits per heavy atom. The highest BCUT2D eigenvalue weighted by Gasteiger charge is 2.57. The largest absolute Gasteiger partial charge is 0.347 e. The van der Waals surface area contributed by atoms with Crippen LogP contribution in [-0.4, -0.2) is 33.1 Å². The summed E-state index contributed by atoms with van der Waals surface area (Å²) in [5.41, 5.74) is 0.656. The predicted octanol–water partition coefficient (Wildman–Crippen LogP) is 2.73. The lowest BCUT2D eigenvalue weighted by Gasteiger charge is -2.34. The third-order valence-electron chi connectivity index (χ3n) is 4.07. The Balaban J connectivity index is 1.84. The van der Waals surface area contributed by atoms with Crippen molar-refractivity contribution in [3.05, 3.63) is 22.9 Å². The zero-order chi connectivity index (χ0) is 13.2. The van der Waals surface area contributed by atoms with Gasteiger partial charge in [0.25, 0.3) is 5.92 Å². The number of fused-ring (bicyclic) bond motifs is 3. The van der Waals surface area contributed by atoms with E-state index in [0.717, 1.165) is 4.47 Å². The first-order chi connectivity index (χ1) is 9.06. The Morgan fingerprint density at radius 2 is 2.26 bits per heavy atom. The number of aromatic nitrogens is 3. The Hall–Kier alpha value is -1.24. The summed E-state index contributed by atoms with van der Waals surface area (Å²) < 4.78 is 30.2. The fourth-order valence-electron chi connectivity index (χ4n) is 3.31. The van der Waals surface area contributed by atoms with Crippen molar-refractivity contribution in [2.24, 2.45) is 5.92 Å². The van der Waals surface area contributed by atoms with Gasteiger partial charge in [0.2, 0.25) is 0 Å². The van der Waals surface area contributed by atoms with Crippen molar-refractivity contribution in [1.82, 2.24) is 14.6 Å². The molecule has 3 heterocycles. The van der Waals surface area contributed by atoms with Crippen molar-refractivity contribution in [2.75, 3.05) is 11.4 Å². The zero-order valence-electron chi connectivity index (χ0n) is 9.93. The Morgan fingerprint density at radius 1 is 1.42 bits per heavy atom. The molecule has 1 aliphatic carbocycles. The number of hydrogen-bond donors (Lipinski definition) is 0.